The van der Waals surface area contributed by atoms with E-state index in [-0.39, 0.29) is 17.9 Å². The highest BCUT2D eigenvalue weighted by molar-refractivity contribution is 7.99. The number of aryl methyl sites for hydroxylation is 1. The van der Waals surface area contributed by atoms with Gasteiger partial charge in [0.25, 0.3) is 0 Å². The molecule has 0 bridgehead atoms. The van der Waals surface area contributed by atoms with E-state index < -0.39 is 0 Å². The maximum absolute atomic E-state index is 9.41. The van der Waals surface area contributed by atoms with Crippen molar-refractivity contribution in [3.05, 3.63) is 23.8 Å². The molecule has 2 unspecified atom stereocenters. The number of benzene rings is 1. The Kier molecular flexibility index (Phi) is 4.81. The van der Waals surface area contributed by atoms with E-state index in [9.17, 15) is 5.11 Å². The van der Waals surface area contributed by atoms with E-state index in [4.69, 9.17) is 10.5 Å². The van der Waals surface area contributed by atoms with Crippen LogP contribution in [0.2, 0.25) is 0 Å². The third-order valence-corrected chi connectivity index (χ3v) is 4.11. The van der Waals surface area contributed by atoms with Crippen molar-refractivity contribution in [2.75, 3.05) is 20.3 Å². The molecule has 2 aromatic rings. The molecule has 0 amide bonds. The first-order valence-corrected chi connectivity index (χ1v) is 7.00. The third-order valence-electron chi connectivity index (χ3n) is 2.90. The van der Waals surface area contributed by atoms with Crippen LogP contribution in [0.15, 0.2) is 23.4 Å². The van der Waals surface area contributed by atoms with Crippen molar-refractivity contribution in [3.63, 3.8) is 0 Å². The number of fused-ring (bicyclic) bond motifs is 1. The monoisotopic (exact) mass is 281 g/mol. The van der Waals surface area contributed by atoms with Crippen LogP contribution in [0, 0.1) is 6.92 Å². The summed E-state index contributed by atoms with van der Waals surface area (Å²) in [5.41, 5.74) is 9.06. The molecule has 19 heavy (non-hydrogen) atoms. The van der Waals surface area contributed by atoms with E-state index in [1.54, 1.807) is 7.11 Å². The highest BCUT2D eigenvalue weighted by atomic mass is 32.2. The number of methoxy groups -OCH3 is 1. The zero-order valence-corrected chi connectivity index (χ0v) is 11.9. The van der Waals surface area contributed by atoms with E-state index in [2.05, 4.69) is 16.0 Å². The van der Waals surface area contributed by atoms with Crippen LogP contribution in [0.3, 0.4) is 0 Å². The van der Waals surface area contributed by atoms with Crippen molar-refractivity contribution in [1.82, 2.24) is 9.97 Å². The summed E-state index contributed by atoms with van der Waals surface area (Å²) < 4.78 is 5.02. The maximum Gasteiger partial charge on any atom is 0.166 e. The smallest absolute Gasteiger partial charge is 0.166 e. The van der Waals surface area contributed by atoms with E-state index in [0.717, 1.165) is 16.2 Å². The molecule has 2 atom stereocenters. The van der Waals surface area contributed by atoms with Gasteiger partial charge in [-0.05, 0) is 24.6 Å². The first-order chi connectivity index (χ1) is 9.13. The fourth-order valence-corrected chi connectivity index (χ4v) is 2.79. The van der Waals surface area contributed by atoms with Gasteiger partial charge in [0.05, 0.1) is 29.5 Å². The van der Waals surface area contributed by atoms with Crippen LogP contribution in [0.25, 0.3) is 11.0 Å². The quantitative estimate of drug-likeness (QED) is 0.695. The number of thioether (sulfide) groups is 1. The predicted molar refractivity (Wildman–Crippen MR) is 77.4 cm³/mol. The molecule has 0 saturated heterocycles. The van der Waals surface area contributed by atoms with Gasteiger partial charge in [0.2, 0.25) is 0 Å². The Labute approximate surface area is 116 Å². The fourth-order valence-electron chi connectivity index (χ4n) is 1.86. The standard InChI is InChI=1S/C13H19N3O2S/c1-8-3-4-10-11(5-8)16-13(15-10)19-12(6-17)9(14)7-18-2/h3-5,9,12,17H,6-7,14H2,1-2H3,(H,15,16). The average Bonchev–Trinajstić information content (AvgIpc) is 2.77. The fraction of sp³-hybridized carbons (Fsp3) is 0.462. The van der Waals surface area contributed by atoms with E-state index in [1.165, 1.54) is 17.3 Å². The average molecular weight is 281 g/mol. The first-order valence-electron chi connectivity index (χ1n) is 6.12. The number of aliphatic hydroxyl groups is 1. The molecule has 6 heteroatoms. The van der Waals surface area contributed by atoms with Gasteiger partial charge in [-0.25, -0.2) is 4.98 Å². The van der Waals surface area contributed by atoms with Crippen LogP contribution >= 0.6 is 11.8 Å². The van der Waals surface area contributed by atoms with E-state index >= 15 is 0 Å². The number of aromatic amines is 1. The van der Waals surface area contributed by atoms with Gasteiger partial charge < -0.3 is 20.6 Å². The number of nitrogens with one attached hydrogen (secondary N) is 1. The second-order valence-electron chi connectivity index (χ2n) is 4.52. The van der Waals surface area contributed by atoms with Crippen molar-refractivity contribution in [3.8, 4) is 0 Å². The number of nitrogens with zero attached hydrogens (tertiary/aromatic N) is 1. The molecule has 0 aliphatic rings. The minimum Gasteiger partial charge on any atom is -0.395 e. The summed E-state index contributed by atoms with van der Waals surface area (Å²) in [6.07, 6.45) is 0. The molecule has 5 nitrogen and oxygen atoms in total. The summed E-state index contributed by atoms with van der Waals surface area (Å²) in [6.45, 7) is 2.45. The number of rotatable bonds is 6. The highest BCUT2D eigenvalue weighted by Crippen LogP contribution is 2.25. The van der Waals surface area contributed by atoms with Crippen LogP contribution in [0.1, 0.15) is 5.56 Å². The summed E-state index contributed by atoms with van der Waals surface area (Å²) in [6, 6.07) is 5.83. The molecule has 0 radical (unpaired) electrons. The second-order valence-corrected chi connectivity index (χ2v) is 5.75. The summed E-state index contributed by atoms with van der Waals surface area (Å²) in [5.74, 6) is 0. The molecule has 0 saturated carbocycles. The van der Waals surface area contributed by atoms with Crippen LogP contribution in [0.4, 0.5) is 0 Å². The number of aliphatic hydroxyl groups excluding tert-OH is 1. The molecule has 0 fully saturated rings. The van der Waals surface area contributed by atoms with Crippen LogP contribution < -0.4 is 5.73 Å². The lowest BCUT2D eigenvalue weighted by molar-refractivity contribution is 0.167. The van der Waals surface area contributed by atoms with Crippen molar-refractivity contribution in [2.45, 2.75) is 23.4 Å². The van der Waals surface area contributed by atoms with E-state index in [0.29, 0.717) is 6.61 Å². The minimum absolute atomic E-state index is 0.00866. The van der Waals surface area contributed by atoms with Gasteiger partial charge in [-0.2, -0.15) is 0 Å². The van der Waals surface area contributed by atoms with Crippen LogP contribution in [0.5, 0.6) is 0 Å². The Balaban J connectivity index is 2.15. The van der Waals surface area contributed by atoms with Gasteiger partial charge in [-0.3, -0.25) is 0 Å². The molecule has 1 aromatic carbocycles. The van der Waals surface area contributed by atoms with E-state index in [1.807, 2.05) is 19.1 Å². The maximum atomic E-state index is 9.41. The van der Waals surface area contributed by atoms with Gasteiger partial charge in [0.15, 0.2) is 5.16 Å². The first kappa shape index (κ1) is 14.3. The normalized spacial score (nSPS) is 14.7. The lowest BCUT2D eigenvalue weighted by Crippen LogP contribution is -2.38. The molecule has 2 rings (SSSR count). The summed E-state index contributed by atoms with van der Waals surface area (Å²) in [5, 5.41) is 10.0. The van der Waals surface area contributed by atoms with Gasteiger partial charge in [0.1, 0.15) is 0 Å². The SMILES string of the molecule is COCC(N)C(CO)Sc1nc2ccc(C)cc2[nH]1. The zero-order valence-electron chi connectivity index (χ0n) is 11.1. The molecule has 0 aliphatic carbocycles. The van der Waals surface area contributed by atoms with Crippen LogP contribution in [-0.2, 0) is 4.74 Å². The Morgan fingerprint density at radius 1 is 1.53 bits per heavy atom. The van der Waals surface area contributed by atoms with Gasteiger partial charge in [-0.15, -0.1) is 0 Å². The zero-order chi connectivity index (χ0) is 13.8. The van der Waals surface area contributed by atoms with Crippen molar-refractivity contribution < 1.29 is 9.84 Å². The van der Waals surface area contributed by atoms with Crippen molar-refractivity contribution >= 4 is 22.8 Å². The Morgan fingerprint density at radius 3 is 3.00 bits per heavy atom. The molecule has 1 heterocycles. The predicted octanol–water partition coefficient (Wildman–Crippen LogP) is 1.30. The molecular weight excluding hydrogens is 262 g/mol. The van der Waals surface area contributed by atoms with Gasteiger partial charge in [0, 0.05) is 13.2 Å². The number of imidazole rings is 1. The summed E-state index contributed by atoms with van der Waals surface area (Å²) in [4.78, 5) is 7.73. The second kappa shape index (κ2) is 6.38. The van der Waals surface area contributed by atoms with Gasteiger partial charge in [-0.1, -0.05) is 17.8 Å². The lowest BCUT2D eigenvalue weighted by atomic mass is 10.2. The molecule has 1 aromatic heterocycles. The number of H-pyrrole nitrogens is 1. The molecule has 4 N–H and O–H groups in total. The minimum atomic E-state index is -0.227. The number of hydrogen-bond donors (Lipinski definition) is 3. The third kappa shape index (κ3) is 3.48. The Hall–Kier alpha value is -1.08. The van der Waals surface area contributed by atoms with Gasteiger partial charge >= 0.3 is 0 Å². The molecule has 104 valence electrons. The summed E-state index contributed by atoms with van der Waals surface area (Å²) in [7, 11) is 1.60. The molecular formula is C13H19N3O2S. The van der Waals surface area contributed by atoms with Crippen molar-refractivity contribution in [1.29, 1.82) is 0 Å². The number of aromatic nitrogens is 2. The molecule has 0 aliphatic heterocycles. The lowest BCUT2D eigenvalue weighted by Gasteiger charge is -2.19. The van der Waals surface area contributed by atoms with Crippen LogP contribution in [-0.4, -0.2) is 46.7 Å². The highest BCUT2D eigenvalue weighted by Gasteiger charge is 2.20. The molecule has 0 spiro atoms. The number of nitrogens with two attached hydrogens (primary N) is 1. The summed E-state index contributed by atoms with van der Waals surface area (Å²) >= 11 is 1.45. The number of hydrogen-bond acceptors (Lipinski definition) is 5. The largest absolute Gasteiger partial charge is 0.395 e. The Bertz CT molecular complexity index is 544. The topological polar surface area (TPSA) is 84.2 Å². The number of ether oxygens (including phenoxy) is 1. The Morgan fingerprint density at radius 2 is 2.32 bits per heavy atom. The van der Waals surface area contributed by atoms with Crippen molar-refractivity contribution in [2.24, 2.45) is 5.73 Å².